The third-order valence-corrected chi connectivity index (χ3v) is 6.35. The lowest BCUT2D eigenvalue weighted by molar-refractivity contribution is -0.142. The molecule has 4 rings (SSSR count). The second-order valence-electron chi connectivity index (χ2n) is 9.84. The van der Waals surface area contributed by atoms with E-state index in [4.69, 9.17) is 11.6 Å². The molecule has 34 heavy (non-hydrogen) atoms. The van der Waals surface area contributed by atoms with Crippen molar-refractivity contribution < 1.29 is 18.0 Å². The van der Waals surface area contributed by atoms with Crippen LogP contribution < -0.4 is 4.90 Å². The fraction of sp³-hybridized carbons (Fsp3) is 0.458. The van der Waals surface area contributed by atoms with Crippen molar-refractivity contribution in [2.45, 2.75) is 52.9 Å². The highest BCUT2D eigenvalue weighted by molar-refractivity contribution is 6.30. The predicted molar refractivity (Wildman–Crippen MR) is 126 cm³/mol. The monoisotopic (exact) mass is 493 g/mol. The first-order chi connectivity index (χ1) is 15.8. The van der Waals surface area contributed by atoms with Gasteiger partial charge < -0.3 is 14.4 Å². The molecule has 1 aliphatic heterocycles. The molecule has 0 radical (unpaired) electrons. The number of hydrogen-bond acceptors (Lipinski definition) is 4. The van der Waals surface area contributed by atoms with E-state index in [0.29, 0.717) is 23.8 Å². The topological polar surface area (TPSA) is 54.3 Å². The van der Waals surface area contributed by atoms with E-state index in [9.17, 15) is 18.0 Å². The second kappa shape index (κ2) is 8.45. The summed E-state index contributed by atoms with van der Waals surface area (Å²) >= 11 is 6.09. The van der Waals surface area contributed by atoms with E-state index in [0.717, 1.165) is 6.20 Å². The van der Waals surface area contributed by atoms with Crippen molar-refractivity contribution in [2.24, 2.45) is 5.41 Å². The Morgan fingerprint density at radius 1 is 1.09 bits per heavy atom. The van der Waals surface area contributed by atoms with Gasteiger partial charge in [0.15, 0.2) is 5.65 Å². The van der Waals surface area contributed by atoms with Gasteiger partial charge in [-0.25, -0.2) is 9.97 Å². The van der Waals surface area contributed by atoms with Gasteiger partial charge in [0.1, 0.15) is 12.1 Å². The number of aromatic nitrogens is 3. The number of hydrogen-bond donors (Lipinski definition) is 0. The summed E-state index contributed by atoms with van der Waals surface area (Å²) in [5, 5.41) is 0.342. The van der Waals surface area contributed by atoms with Crippen molar-refractivity contribution in [3.05, 3.63) is 47.4 Å². The summed E-state index contributed by atoms with van der Waals surface area (Å²) in [7, 11) is 0. The van der Waals surface area contributed by atoms with Gasteiger partial charge in [-0.1, -0.05) is 38.4 Å². The number of benzene rings is 1. The third kappa shape index (κ3) is 4.33. The van der Waals surface area contributed by atoms with Crippen molar-refractivity contribution in [1.29, 1.82) is 0 Å². The van der Waals surface area contributed by atoms with Crippen LogP contribution in [0.2, 0.25) is 5.02 Å². The maximum atomic E-state index is 14.2. The Hall–Kier alpha value is -2.81. The van der Waals surface area contributed by atoms with Gasteiger partial charge in [-0.3, -0.25) is 4.79 Å². The summed E-state index contributed by atoms with van der Waals surface area (Å²) in [6, 6.07) is 6.16. The fourth-order valence-electron chi connectivity index (χ4n) is 4.44. The number of rotatable bonds is 2. The lowest BCUT2D eigenvalue weighted by Gasteiger charge is -2.46. The van der Waals surface area contributed by atoms with Gasteiger partial charge in [-0.2, -0.15) is 13.2 Å². The number of fused-ring (bicyclic) bond motifs is 1. The van der Waals surface area contributed by atoms with E-state index >= 15 is 0 Å². The number of carbonyl (C=O) groups is 1. The smallest absolute Gasteiger partial charge is 0.349 e. The normalized spacial score (nSPS) is 19.7. The van der Waals surface area contributed by atoms with Crippen LogP contribution in [-0.2, 0) is 11.0 Å². The van der Waals surface area contributed by atoms with Gasteiger partial charge in [0.25, 0.3) is 0 Å². The van der Waals surface area contributed by atoms with E-state index in [1.165, 1.54) is 10.9 Å². The summed E-state index contributed by atoms with van der Waals surface area (Å²) < 4.78 is 43.9. The first-order valence-electron chi connectivity index (χ1n) is 11.1. The predicted octanol–water partition coefficient (Wildman–Crippen LogP) is 5.56. The molecule has 3 aromatic rings. The Kier molecular flexibility index (Phi) is 6.04. The minimum Gasteiger partial charge on any atom is -0.349 e. The number of alkyl halides is 3. The molecule has 0 unspecified atom stereocenters. The molecule has 0 spiro atoms. The molecule has 2 atom stereocenters. The van der Waals surface area contributed by atoms with Crippen LogP contribution in [0.3, 0.4) is 0 Å². The van der Waals surface area contributed by atoms with Gasteiger partial charge in [-0.05, 0) is 32.0 Å². The Morgan fingerprint density at radius 2 is 1.79 bits per heavy atom. The Bertz CT molecular complexity index is 1230. The van der Waals surface area contributed by atoms with Crippen LogP contribution in [0.1, 0.15) is 40.2 Å². The average Bonchev–Trinajstić information content (AvgIpc) is 3.14. The minimum absolute atomic E-state index is 0.0161. The zero-order chi connectivity index (χ0) is 25.0. The summed E-state index contributed by atoms with van der Waals surface area (Å²) in [5.74, 6) is 0.225. The summed E-state index contributed by atoms with van der Waals surface area (Å²) in [4.78, 5) is 25.1. The minimum atomic E-state index is -4.61. The maximum absolute atomic E-state index is 14.2. The molecule has 3 heterocycles. The number of amides is 1. The third-order valence-electron chi connectivity index (χ3n) is 6.12. The fourth-order valence-corrected chi connectivity index (χ4v) is 4.62. The zero-order valence-corrected chi connectivity index (χ0v) is 20.4. The molecule has 1 fully saturated rings. The zero-order valence-electron chi connectivity index (χ0n) is 19.7. The van der Waals surface area contributed by atoms with E-state index in [-0.39, 0.29) is 34.8 Å². The molecule has 0 aliphatic carbocycles. The summed E-state index contributed by atoms with van der Waals surface area (Å²) in [6.45, 7) is 10.1. The van der Waals surface area contributed by atoms with Crippen LogP contribution in [0, 0.1) is 5.41 Å². The van der Waals surface area contributed by atoms with Gasteiger partial charge >= 0.3 is 6.18 Å². The van der Waals surface area contributed by atoms with Crippen molar-refractivity contribution in [3.8, 4) is 5.69 Å². The number of piperazine rings is 1. The SMILES string of the molecule is C[C@@H]1CN(c2ncnc3c2c(C(F)(F)F)cn3-c2cccc(Cl)c2)[C@@H](C)CN1C(=O)C(C)(C)C. The van der Waals surface area contributed by atoms with E-state index in [1.807, 2.05) is 39.5 Å². The summed E-state index contributed by atoms with van der Waals surface area (Å²) in [6.07, 6.45) is -2.29. The standard InChI is InChI=1S/C24H27ClF3N5O/c1-14-11-32(22(34)23(3,4)5)15(2)10-31(14)20-19-18(24(26,27)28)12-33(21(19)30-13-29-20)17-8-6-7-16(25)9-17/h6-9,12-15H,10-11H2,1-5H3/t14-,15+/m0/s1. The summed E-state index contributed by atoms with van der Waals surface area (Å²) in [5.41, 5.74) is -0.742. The molecule has 0 N–H and O–H groups in total. The first-order valence-corrected chi connectivity index (χ1v) is 11.4. The van der Waals surface area contributed by atoms with Crippen molar-refractivity contribution in [3.63, 3.8) is 0 Å². The van der Waals surface area contributed by atoms with Crippen LogP contribution in [-0.4, -0.2) is 50.5 Å². The molecule has 1 saturated heterocycles. The molecule has 1 amide bonds. The Balaban J connectivity index is 1.84. The van der Waals surface area contributed by atoms with Crippen LogP contribution in [0.15, 0.2) is 36.8 Å². The van der Waals surface area contributed by atoms with Crippen LogP contribution in [0.4, 0.5) is 19.0 Å². The molecule has 1 aromatic carbocycles. The van der Waals surface area contributed by atoms with Gasteiger partial charge in [0, 0.05) is 47.5 Å². The van der Waals surface area contributed by atoms with Crippen molar-refractivity contribution >= 4 is 34.4 Å². The van der Waals surface area contributed by atoms with Gasteiger partial charge in [0.05, 0.1) is 10.9 Å². The molecule has 10 heteroatoms. The molecule has 6 nitrogen and oxygen atoms in total. The van der Waals surface area contributed by atoms with E-state index in [2.05, 4.69) is 9.97 Å². The Labute approximate surface area is 201 Å². The number of carbonyl (C=O) groups excluding carboxylic acids is 1. The first kappa shape index (κ1) is 24.3. The number of nitrogens with zero attached hydrogens (tertiary/aromatic N) is 5. The molecule has 1 aliphatic rings. The van der Waals surface area contributed by atoms with Crippen LogP contribution in [0.25, 0.3) is 16.7 Å². The van der Waals surface area contributed by atoms with E-state index in [1.54, 1.807) is 29.2 Å². The second-order valence-corrected chi connectivity index (χ2v) is 10.3. The average molecular weight is 494 g/mol. The highest BCUT2D eigenvalue weighted by Gasteiger charge is 2.41. The number of anilines is 1. The lowest BCUT2D eigenvalue weighted by Crippen LogP contribution is -2.60. The molecular weight excluding hydrogens is 467 g/mol. The Morgan fingerprint density at radius 3 is 2.41 bits per heavy atom. The van der Waals surface area contributed by atoms with Crippen molar-refractivity contribution in [1.82, 2.24) is 19.4 Å². The molecule has 182 valence electrons. The van der Waals surface area contributed by atoms with Crippen molar-refractivity contribution in [2.75, 3.05) is 18.0 Å². The largest absolute Gasteiger partial charge is 0.418 e. The molecule has 0 bridgehead atoms. The van der Waals surface area contributed by atoms with Gasteiger partial charge in [-0.15, -0.1) is 0 Å². The molecule has 2 aromatic heterocycles. The van der Waals surface area contributed by atoms with Crippen LogP contribution >= 0.6 is 11.6 Å². The maximum Gasteiger partial charge on any atom is 0.418 e. The highest BCUT2D eigenvalue weighted by atomic mass is 35.5. The van der Waals surface area contributed by atoms with Gasteiger partial charge in [0.2, 0.25) is 5.91 Å². The molecule has 0 saturated carbocycles. The highest BCUT2D eigenvalue weighted by Crippen LogP contribution is 2.41. The molecular formula is C24H27ClF3N5O. The number of halogens is 4. The van der Waals surface area contributed by atoms with E-state index < -0.39 is 17.2 Å². The lowest BCUT2D eigenvalue weighted by atomic mass is 9.92. The van der Waals surface area contributed by atoms with Crippen LogP contribution in [0.5, 0.6) is 0 Å². The quantitative estimate of drug-likeness (QED) is 0.468.